The summed E-state index contributed by atoms with van der Waals surface area (Å²) in [6, 6.07) is 5.09. The lowest BCUT2D eigenvalue weighted by Gasteiger charge is -2.13. The lowest BCUT2D eigenvalue weighted by Crippen LogP contribution is -2.21. The Bertz CT molecular complexity index is 314. The second kappa shape index (κ2) is 6.23. The van der Waals surface area contributed by atoms with Crippen LogP contribution >= 0.6 is 15.9 Å². The van der Waals surface area contributed by atoms with Gasteiger partial charge in [0, 0.05) is 11.0 Å². The molecular formula is C12H17BrFN. The van der Waals surface area contributed by atoms with Crippen LogP contribution in [0.3, 0.4) is 0 Å². The minimum atomic E-state index is -0.121. The van der Waals surface area contributed by atoms with Crippen molar-refractivity contribution in [1.82, 2.24) is 5.32 Å². The van der Waals surface area contributed by atoms with Gasteiger partial charge in [0.25, 0.3) is 0 Å². The number of rotatable bonds is 5. The van der Waals surface area contributed by atoms with Crippen molar-refractivity contribution in [1.29, 1.82) is 0 Å². The van der Waals surface area contributed by atoms with Gasteiger partial charge in [0.2, 0.25) is 0 Å². The zero-order valence-electron chi connectivity index (χ0n) is 9.19. The van der Waals surface area contributed by atoms with E-state index in [0.29, 0.717) is 0 Å². The monoisotopic (exact) mass is 273 g/mol. The van der Waals surface area contributed by atoms with E-state index in [0.717, 1.165) is 29.5 Å². The van der Waals surface area contributed by atoms with Gasteiger partial charge in [-0.2, -0.15) is 0 Å². The zero-order chi connectivity index (χ0) is 11.3. The molecule has 1 nitrogen and oxygen atoms in total. The molecule has 0 bridgehead atoms. The summed E-state index contributed by atoms with van der Waals surface area (Å²) in [5.41, 5.74) is 0.771. The molecule has 0 saturated heterocycles. The van der Waals surface area contributed by atoms with Gasteiger partial charge in [-0.25, -0.2) is 4.39 Å². The summed E-state index contributed by atoms with van der Waals surface area (Å²) in [5.74, 6) is 0.0815. The summed E-state index contributed by atoms with van der Waals surface area (Å²) >= 11 is 3.36. The molecule has 0 aliphatic carbocycles. The molecule has 0 amide bonds. The van der Waals surface area contributed by atoms with E-state index in [4.69, 9.17) is 0 Å². The van der Waals surface area contributed by atoms with Gasteiger partial charge < -0.3 is 5.32 Å². The second-order valence-corrected chi connectivity index (χ2v) is 4.69. The largest absolute Gasteiger partial charge is 0.316 e. The maximum atomic E-state index is 13.5. The van der Waals surface area contributed by atoms with Crippen LogP contribution in [0.2, 0.25) is 0 Å². The van der Waals surface area contributed by atoms with Crippen molar-refractivity contribution in [3.05, 3.63) is 34.1 Å². The number of hydrogen-bond donors (Lipinski definition) is 1. The van der Waals surface area contributed by atoms with Crippen molar-refractivity contribution in [3.63, 3.8) is 0 Å². The molecule has 0 spiro atoms. The van der Waals surface area contributed by atoms with Crippen LogP contribution in [0.1, 0.15) is 31.7 Å². The standard InChI is InChI=1S/C12H17BrFN/c1-3-6-15-8-9(2)11-7-10(13)4-5-12(11)14/h4-5,7,9,15H,3,6,8H2,1-2H3. The van der Waals surface area contributed by atoms with Crippen molar-refractivity contribution >= 4 is 15.9 Å². The van der Waals surface area contributed by atoms with Gasteiger partial charge in [0.1, 0.15) is 5.82 Å². The van der Waals surface area contributed by atoms with Crippen molar-refractivity contribution < 1.29 is 4.39 Å². The number of hydrogen-bond acceptors (Lipinski definition) is 1. The summed E-state index contributed by atoms with van der Waals surface area (Å²) in [4.78, 5) is 0. The molecule has 15 heavy (non-hydrogen) atoms. The van der Waals surface area contributed by atoms with E-state index in [-0.39, 0.29) is 11.7 Å². The number of nitrogens with one attached hydrogen (secondary N) is 1. The van der Waals surface area contributed by atoms with Crippen LogP contribution in [-0.4, -0.2) is 13.1 Å². The van der Waals surface area contributed by atoms with E-state index in [1.807, 2.05) is 13.0 Å². The molecule has 0 fully saturated rings. The molecule has 0 aliphatic heterocycles. The summed E-state index contributed by atoms with van der Waals surface area (Å²) in [6.07, 6.45) is 1.10. The van der Waals surface area contributed by atoms with Gasteiger partial charge in [-0.1, -0.05) is 29.8 Å². The van der Waals surface area contributed by atoms with Crippen LogP contribution < -0.4 is 5.32 Å². The Morgan fingerprint density at radius 1 is 1.47 bits per heavy atom. The fraction of sp³-hybridized carbons (Fsp3) is 0.500. The lowest BCUT2D eigenvalue weighted by molar-refractivity contribution is 0.559. The lowest BCUT2D eigenvalue weighted by atomic mass is 10.0. The van der Waals surface area contributed by atoms with Crippen molar-refractivity contribution in [2.75, 3.05) is 13.1 Å². The summed E-state index contributed by atoms with van der Waals surface area (Å²) in [7, 11) is 0. The van der Waals surface area contributed by atoms with Crippen molar-refractivity contribution in [3.8, 4) is 0 Å². The van der Waals surface area contributed by atoms with Crippen LogP contribution in [0.15, 0.2) is 22.7 Å². The number of halogens is 2. The Balaban J connectivity index is 2.64. The van der Waals surface area contributed by atoms with E-state index >= 15 is 0 Å². The highest BCUT2D eigenvalue weighted by molar-refractivity contribution is 9.10. The normalized spacial score (nSPS) is 12.8. The Hall–Kier alpha value is -0.410. The molecule has 3 heteroatoms. The van der Waals surface area contributed by atoms with Gasteiger partial charge in [-0.15, -0.1) is 0 Å². The molecule has 1 atom stereocenters. The first-order chi connectivity index (χ1) is 7.15. The minimum Gasteiger partial charge on any atom is -0.316 e. The van der Waals surface area contributed by atoms with E-state index in [1.165, 1.54) is 6.07 Å². The first kappa shape index (κ1) is 12.7. The number of benzene rings is 1. The van der Waals surface area contributed by atoms with Gasteiger partial charge in [-0.05, 0) is 42.6 Å². The van der Waals surface area contributed by atoms with Gasteiger partial charge in [-0.3, -0.25) is 0 Å². The molecule has 1 rings (SSSR count). The van der Waals surface area contributed by atoms with Crippen molar-refractivity contribution in [2.24, 2.45) is 0 Å². The molecule has 0 aromatic heterocycles. The molecule has 0 saturated carbocycles. The quantitative estimate of drug-likeness (QED) is 0.807. The van der Waals surface area contributed by atoms with Gasteiger partial charge >= 0.3 is 0 Å². The second-order valence-electron chi connectivity index (χ2n) is 3.77. The Morgan fingerprint density at radius 2 is 2.20 bits per heavy atom. The average Bonchev–Trinajstić information content (AvgIpc) is 2.22. The first-order valence-corrected chi connectivity index (χ1v) is 6.10. The van der Waals surface area contributed by atoms with E-state index in [1.54, 1.807) is 6.07 Å². The SMILES string of the molecule is CCCNCC(C)c1cc(Br)ccc1F. The minimum absolute atomic E-state index is 0.121. The van der Waals surface area contributed by atoms with E-state index < -0.39 is 0 Å². The highest BCUT2D eigenvalue weighted by Gasteiger charge is 2.10. The summed E-state index contributed by atoms with van der Waals surface area (Å²) < 4.78 is 14.4. The molecule has 1 unspecified atom stereocenters. The van der Waals surface area contributed by atoms with Crippen molar-refractivity contribution in [2.45, 2.75) is 26.2 Å². The van der Waals surface area contributed by atoms with Gasteiger partial charge in [0.15, 0.2) is 0 Å². The highest BCUT2D eigenvalue weighted by atomic mass is 79.9. The van der Waals surface area contributed by atoms with Crippen LogP contribution in [0, 0.1) is 5.82 Å². The van der Waals surface area contributed by atoms with Crippen LogP contribution in [0.25, 0.3) is 0 Å². The summed E-state index contributed by atoms with van der Waals surface area (Å²) in [6.45, 7) is 5.96. The molecule has 0 heterocycles. The van der Waals surface area contributed by atoms with Crippen LogP contribution in [0.5, 0.6) is 0 Å². The third-order valence-corrected chi connectivity index (χ3v) is 2.86. The Kier molecular flexibility index (Phi) is 5.26. The fourth-order valence-corrected chi connectivity index (χ4v) is 1.88. The highest BCUT2D eigenvalue weighted by Crippen LogP contribution is 2.22. The fourth-order valence-electron chi connectivity index (χ4n) is 1.50. The van der Waals surface area contributed by atoms with Gasteiger partial charge in [0.05, 0.1) is 0 Å². The Labute approximate surface area is 99.2 Å². The topological polar surface area (TPSA) is 12.0 Å². The molecule has 1 aromatic carbocycles. The van der Waals surface area contributed by atoms with E-state index in [9.17, 15) is 4.39 Å². The molecule has 0 radical (unpaired) electrons. The maximum absolute atomic E-state index is 13.5. The van der Waals surface area contributed by atoms with E-state index in [2.05, 4.69) is 28.2 Å². The molecule has 1 N–H and O–H groups in total. The molecule has 84 valence electrons. The predicted octanol–water partition coefficient (Wildman–Crippen LogP) is 3.69. The zero-order valence-corrected chi connectivity index (χ0v) is 10.8. The third-order valence-electron chi connectivity index (χ3n) is 2.37. The molecule has 0 aliphatic rings. The van der Waals surface area contributed by atoms with Crippen LogP contribution in [0.4, 0.5) is 4.39 Å². The molecular weight excluding hydrogens is 257 g/mol. The maximum Gasteiger partial charge on any atom is 0.126 e. The van der Waals surface area contributed by atoms with Crippen LogP contribution in [-0.2, 0) is 0 Å². The Morgan fingerprint density at radius 3 is 2.87 bits per heavy atom. The smallest absolute Gasteiger partial charge is 0.126 e. The summed E-state index contributed by atoms with van der Waals surface area (Å²) in [5, 5.41) is 3.30. The predicted molar refractivity (Wildman–Crippen MR) is 65.7 cm³/mol. The molecule has 1 aromatic rings. The average molecular weight is 274 g/mol. The third kappa shape index (κ3) is 3.92. The first-order valence-electron chi connectivity index (χ1n) is 5.30.